The van der Waals surface area contributed by atoms with E-state index in [4.69, 9.17) is 4.74 Å². The number of aliphatic hydroxyl groups is 1. The monoisotopic (exact) mass is 412 g/mol. The van der Waals surface area contributed by atoms with Gasteiger partial charge in [0.05, 0.1) is 17.1 Å². The van der Waals surface area contributed by atoms with Crippen LogP contribution in [0.2, 0.25) is 0 Å². The van der Waals surface area contributed by atoms with Crippen molar-refractivity contribution in [2.24, 2.45) is 11.8 Å². The van der Waals surface area contributed by atoms with Gasteiger partial charge in [-0.25, -0.2) is 0 Å². The number of nitrogens with zero attached hydrogens (tertiary/aromatic N) is 1. The van der Waals surface area contributed by atoms with E-state index >= 15 is 0 Å². The van der Waals surface area contributed by atoms with Crippen molar-refractivity contribution in [3.05, 3.63) is 23.3 Å². The van der Waals surface area contributed by atoms with Crippen LogP contribution < -0.4 is 10.1 Å². The summed E-state index contributed by atoms with van der Waals surface area (Å²) in [5.41, 5.74) is 0.750. The molecule has 0 unspecified atom stereocenters. The van der Waals surface area contributed by atoms with Gasteiger partial charge in [-0.1, -0.05) is 19.9 Å². The Kier molecular flexibility index (Phi) is 3.87. The number of rotatable bonds is 4. The van der Waals surface area contributed by atoms with E-state index in [2.05, 4.69) is 10.2 Å². The second-order valence-electron chi connectivity index (χ2n) is 10.6. The number of phenols is 1. The van der Waals surface area contributed by atoms with Gasteiger partial charge in [0.1, 0.15) is 6.10 Å². The lowest BCUT2D eigenvalue weighted by Gasteiger charge is -2.64. The van der Waals surface area contributed by atoms with Gasteiger partial charge in [-0.05, 0) is 62.6 Å². The number of carbonyl (C=O) groups is 1. The molecule has 0 aromatic heterocycles. The van der Waals surface area contributed by atoms with Gasteiger partial charge in [0.2, 0.25) is 5.91 Å². The smallest absolute Gasteiger partial charge is 0.222 e. The Balaban J connectivity index is 1.47. The number of hydrogen-bond acceptors (Lipinski definition) is 5. The fourth-order valence-corrected chi connectivity index (χ4v) is 6.98. The summed E-state index contributed by atoms with van der Waals surface area (Å²) in [6.45, 7) is 5.80. The number of phenolic OH excluding ortho intramolecular Hbond substituents is 1. The number of hydrogen-bond donors (Lipinski definition) is 3. The Hall–Kier alpha value is -1.79. The Bertz CT molecular complexity index is 913. The summed E-state index contributed by atoms with van der Waals surface area (Å²) in [6.07, 6.45) is 5.20. The second kappa shape index (κ2) is 6.13. The summed E-state index contributed by atoms with van der Waals surface area (Å²) in [5.74, 6) is 1.38. The molecule has 0 radical (unpaired) electrons. The molecule has 3 aliphatic carbocycles. The lowest BCUT2D eigenvalue weighted by atomic mass is 9.48. The van der Waals surface area contributed by atoms with Crippen molar-refractivity contribution < 1.29 is 19.7 Å². The van der Waals surface area contributed by atoms with E-state index in [0.29, 0.717) is 18.6 Å². The lowest BCUT2D eigenvalue weighted by Crippen LogP contribution is -2.78. The number of ether oxygens (including phenoxy) is 1. The molecule has 2 bridgehead atoms. The predicted molar refractivity (Wildman–Crippen MR) is 112 cm³/mol. The van der Waals surface area contributed by atoms with Crippen LogP contribution >= 0.6 is 0 Å². The molecule has 1 spiro atoms. The van der Waals surface area contributed by atoms with Crippen molar-refractivity contribution in [3.63, 3.8) is 0 Å². The van der Waals surface area contributed by atoms with Crippen LogP contribution in [0.15, 0.2) is 12.1 Å². The van der Waals surface area contributed by atoms with Crippen LogP contribution in [0.5, 0.6) is 11.5 Å². The number of likely N-dealkylation sites (tertiary alicyclic amines) is 1. The zero-order chi connectivity index (χ0) is 20.8. The highest BCUT2D eigenvalue weighted by Gasteiger charge is 2.73. The fraction of sp³-hybridized carbons (Fsp3) is 0.708. The standard InChI is InChI=1S/C24H32N2O4/c1-13(2)22(28)25-16-7-8-24(29)18-11-15-5-6-17(27)20-19(15)23(24,21(16)30-20)9-10-26(18)12-14-3-4-14/h5-6,13-14,16,18,21,27,29H,3-4,7-12H2,1-2H3,(H,25,28)/t16-,18+,21-,23-,24+/m0/s1. The Morgan fingerprint density at radius 2 is 2.10 bits per heavy atom. The van der Waals surface area contributed by atoms with Crippen LogP contribution in [0, 0.1) is 11.8 Å². The fourth-order valence-electron chi connectivity index (χ4n) is 6.98. The first-order chi connectivity index (χ1) is 14.3. The normalized spacial score (nSPS) is 38.9. The van der Waals surface area contributed by atoms with E-state index in [1.54, 1.807) is 6.07 Å². The summed E-state index contributed by atoms with van der Waals surface area (Å²) < 4.78 is 6.45. The number of carbonyl (C=O) groups excluding carboxylic acids is 1. The number of benzene rings is 1. The van der Waals surface area contributed by atoms with E-state index in [1.807, 2.05) is 19.9 Å². The molecular weight excluding hydrogens is 380 g/mol. The van der Waals surface area contributed by atoms with E-state index in [9.17, 15) is 15.0 Å². The minimum absolute atomic E-state index is 0.0179. The van der Waals surface area contributed by atoms with Crippen molar-refractivity contribution in [1.29, 1.82) is 0 Å². The highest BCUT2D eigenvalue weighted by Crippen LogP contribution is 2.65. The molecule has 1 amide bonds. The molecule has 6 nitrogen and oxygen atoms in total. The molecular formula is C24H32N2O4. The number of amides is 1. The molecule has 5 aliphatic rings. The largest absolute Gasteiger partial charge is 0.504 e. The van der Waals surface area contributed by atoms with Gasteiger partial charge in [0.25, 0.3) is 0 Å². The molecule has 1 saturated heterocycles. The molecule has 162 valence electrons. The van der Waals surface area contributed by atoms with Gasteiger partial charge < -0.3 is 20.3 Å². The Morgan fingerprint density at radius 3 is 2.83 bits per heavy atom. The highest BCUT2D eigenvalue weighted by atomic mass is 16.5. The second-order valence-corrected chi connectivity index (χ2v) is 10.6. The van der Waals surface area contributed by atoms with Gasteiger partial charge in [-0.15, -0.1) is 0 Å². The average Bonchev–Trinajstić information content (AvgIpc) is 3.44. The molecule has 2 heterocycles. The van der Waals surface area contributed by atoms with E-state index in [1.165, 1.54) is 18.4 Å². The maximum absolute atomic E-state index is 12.5. The lowest BCUT2D eigenvalue weighted by molar-refractivity contribution is -0.192. The molecule has 1 aromatic rings. The zero-order valence-electron chi connectivity index (χ0n) is 17.9. The minimum Gasteiger partial charge on any atom is -0.504 e. The SMILES string of the molecule is CC(C)C(=O)N[C@H]1CC[C@@]2(O)[C@H]3Cc4ccc(O)c5c4[C@@]2(CCN3CC2CC2)[C@H]1O5. The molecule has 2 aliphatic heterocycles. The van der Waals surface area contributed by atoms with Gasteiger partial charge in [-0.2, -0.15) is 0 Å². The minimum atomic E-state index is -0.893. The Morgan fingerprint density at radius 1 is 1.30 bits per heavy atom. The third kappa shape index (κ3) is 2.29. The maximum atomic E-state index is 12.5. The third-order valence-electron chi connectivity index (χ3n) is 8.61. The first kappa shape index (κ1) is 18.9. The van der Waals surface area contributed by atoms with Gasteiger partial charge in [0.15, 0.2) is 11.5 Å². The molecule has 2 saturated carbocycles. The third-order valence-corrected chi connectivity index (χ3v) is 8.61. The number of piperidine rings is 1. The maximum Gasteiger partial charge on any atom is 0.222 e. The number of aromatic hydroxyl groups is 1. The molecule has 3 N–H and O–H groups in total. The van der Waals surface area contributed by atoms with Crippen LogP contribution in [0.4, 0.5) is 0 Å². The summed E-state index contributed by atoms with van der Waals surface area (Å²) in [6, 6.07) is 3.66. The quantitative estimate of drug-likeness (QED) is 0.706. The van der Waals surface area contributed by atoms with E-state index in [0.717, 1.165) is 37.4 Å². The summed E-state index contributed by atoms with van der Waals surface area (Å²) in [4.78, 5) is 15.1. The molecule has 1 aromatic carbocycles. The van der Waals surface area contributed by atoms with Gasteiger partial charge >= 0.3 is 0 Å². The highest BCUT2D eigenvalue weighted by molar-refractivity contribution is 5.78. The molecule has 6 heteroatoms. The molecule has 30 heavy (non-hydrogen) atoms. The molecule has 6 rings (SSSR count). The van der Waals surface area contributed by atoms with E-state index < -0.39 is 11.0 Å². The van der Waals surface area contributed by atoms with Crippen molar-refractivity contribution in [2.75, 3.05) is 13.1 Å². The number of nitrogens with one attached hydrogen (secondary N) is 1. The van der Waals surface area contributed by atoms with Gasteiger partial charge in [-0.3, -0.25) is 9.69 Å². The summed E-state index contributed by atoms with van der Waals surface area (Å²) >= 11 is 0. The summed E-state index contributed by atoms with van der Waals surface area (Å²) in [5, 5.41) is 26.2. The van der Waals surface area contributed by atoms with Crippen molar-refractivity contribution in [1.82, 2.24) is 10.2 Å². The van der Waals surface area contributed by atoms with Crippen molar-refractivity contribution in [3.8, 4) is 11.5 Å². The van der Waals surface area contributed by atoms with Crippen LogP contribution in [-0.4, -0.2) is 57.9 Å². The van der Waals surface area contributed by atoms with Crippen molar-refractivity contribution in [2.45, 2.75) is 81.6 Å². The average molecular weight is 413 g/mol. The molecule has 3 fully saturated rings. The van der Waals surface area contributed by atoms with Crippen molar-refractivity contribution >= 4 is 5.91 Å². The first-order valence-corrected chi connectivity index (χ1v) is 11.6. The van der Waals surface area contributed by atoms with Crippen LogP contribution in [0.25, 0.3) is 0 Å². The van der Waals surface area contributed by atoms with Crippen LogP contribution in [-0.2, 0) is 16.6 Å². The van der Waals surface area contributed by atoms with E-state index in [-0.39, 0.29) is 35.8 Å². The van der Waals surface area contributed by atoms with Crippen LogP contribution in [0.1, 0.15) is 57.1 Å². The Labute approximate surface area is 177 Å². The molecule has 5 atom stereocenters. The van der Waals surface area contributed by atoms with Crippen LogP contribution in [0.3, 0.4) is 0 Å². The zero-order valence-corrected chi connectivity index (χ0v) is 17.9. The predicted octanol–water partition coefficient (Wildman–Crippen LogP) is 2.10. The summed E-state index contributed by atoms with van der Waals surface area (Å²) in [7, 11) is 0. The topological polar surface area (TPSA) is 82.0 Å². The first-order valence-electron chi connectivity index (χ1n) is 11.6. The van der Waals surface area contributed by atoms with Gasteiger partial charge in [0, 0.05) is 24.1 Å².